The predicted octanol–water partition coefficient (Wildman–Crippen LogP) is 2.82. The first-order valence-corrected chi connectivity index (χ1v) is 9.13. The van der Waals surface area contributed by atoms with E-state index >= 15 is 0 Å². The zero-order valence-corrected chi connectivity index (χ0v) is 15.3. The molecule has 2 aromatic heterocycles. The van der Waals surface area contributed by atoms with Crippen molar-refractivity contribution < 1.29 is 14.6 Å². The van der Waals surface area contributed by atoms with Crippen LogP contribution in [0.1, 0.15) is 38.3 Å². The third-order valence-electron chi connectivity index (χ3n) is 4.97. The lowest BCUT2D eigenvalue weighted by atomic mass is 9.93. The van der Waals surface area contributed by atoms with Crippen molar-refractivity contribution in [3.05, 3.63) is 40.3 Å². The molecule has 1 amide bonds. The van der Waals surface area contributed by atoms with E-state index < -0.39 is 6.09 Å². The van der Waals surface area contributed by atoms with E-state index in [4.69, 9.17) is 14.9 Å². The number of fused-ring (bicyclic) bond motifs is 3. The van der Waals surface area contributed by atoms with Gasteiger partial charge in [-0.15, -0.1) is 0 Å². The second-order valence-electron chi connectivity index (χ2n) is 7.18. The summed E-state index contributed by atoms with van der Waals surface area (Å²) in [6.07, 6.45) is 0.429. The van der Waals surface area contributed by atoms with Crippen LogP contribution in [0.2, 0.25) is 0 Å². The van der Waals surface area contributed by atoms with Crippen LogP contribution in [0, 0.1) is 0 Å². The third kappa shape index (κ3) is 3.11. The van der Waals surface area contributed by atoms with E-state index in [1.54, 1.807) is 10.6 Å². The molecule has 1 fully saturated rings. The quantitative estimate of drug-likeness (QED) is 0.738. The summed E-state index contributed by atoms with van der Waals surface area (Å²) in [4.78, 5) is 27.8. The van der Waals surface area contributed by atoms with E-state index in [1.807, 2.05) is 32.0 Å². The number of carbonyl (C=O) groups is 1. The molecule has 4 rings (SSSR count). The number of ether oxygens (including phenoxy) is 1. The molecule has 0 aliphatic carbocycles. The minimum absolute atomic E-state index is 0.000741. The normalized spacial score (nSPS) is 15.7. The highest BCUT2D eigenvalue weighted by atomic mass is 16.5. The molecule has 3 aromatic rings. The molecule has 0 atom stereocenters. The molecule has 0 bridgehead atoms. The summed E-state index contributed by atoms with van der Waals surface area (Å²) in [5.41, 5.74) is 1.98. The topological polar surface area (TPSA) is 99.9 Å². The number of amides is 1. The largest absolute Gasteiger partial charge is 0.490 e. The fraction of sp³-hybridized carbons (Fsp3) is 0.421. The molecule has 1 aliphatic heterocycles. The second kappa shape index (κ2) is 6.61. The first kappa shape index (κ1) is 17.4. The third-order valence-corrected chi connectivity index (χ3v) is 4.97. The number of aromatic amines is 1. The maximum absolute atomic E-state index is 12.4. The highest BCUT2D eigenvalue weighted by Crippen LogP contribution is 2.32. The standard InChI is InChI=1S/C19H22N4O4/c1-11(2)27-15-5-3-4-13-17(15)18-20-16(24)10-14(23(18)21-13)12-6-8-22(9-7-12)19(25)26/h3-5,10-12H,6-9H2,1-2H3,(H,20,24)(H,25,26). The van der Waals surface area contributed by atoms with Crippen molar-refractivity contribution in [3.63, 3.8) is 0 Å². The number of nitrogens with one attached hydrogen (secondary N) is 1. The minimum atomic E-state index is -0.898. The number of aromatic nitrogens is 3. The van der Waals surface area contributed by atoms with Crippen molar-refractivity contribution in [1.82, 2.24) is 19.5 Å². The summed E-state index contributed by atoms with van der Waals surface area (Å²) in [5, 5.41) is 14.6. The van der Waals surface area contributed by atoms with Gasteiger partial charge in [-0.05, 0) is 38.8 Å². The maximum atomic E-state index is 12.4. The van der Waals surface area contributed by atoms with E-state index in [9.17, 15) is 9.59 Å². The monoisotopic (exact) mass is 370 g/mol. The molecule has 0 spiro atoms. The van der Waals surface area contributed by atoms with E-state index in [0.717, 1.165) is 16.6 Å². The van der Waals surface area contributed by atoms with Crippen LogP contribution in [-0.2, 0) is 0 Å². The molecule has 8 nitrogen and oxygen atoms in total. The molecule has 2 N–H and O–H groups in total. The number of likely N-dealkylation sites (tertiary alicyclic amines) is 1. The van der Waals surface area contributed by atoms with Gasteiger partial charge < -0.3 is 19.7 Å². The lowest BCUT2D eigenvalue weighted by Crippen LogP contribution is -2.37. The Morgan fingerprint density at radius 3 is 2.74 bits per heavy atom. The Morgan fingerprint density at radius 1 is 1.33 bits per heavy atom. The Bertz CT molecular complexity index is 1060. The van der Waals surface area contributed by atoms with Gasteiger partial charge in [0.25, 0.3) is 5.56 Å². The van der Waals surface area contributed by atoms with E-state index in [1.165, 1.54) is 4.90 Å². The average molecular weight is 370 g/mol. The molecule has 0 unspecified atom stereocenters. The number of rotatable bonds is 3. The summed E-state index contributed by atoms with van der Waals surface area (Å²) in [6.45, 7) is 4.82. The highest BCUT2D eigenvalue weighted by Gasteiger charge is 2.26. The van der Waals surface area contributed by atoms with Gasteiger partial charge in [0.2, 0.25) is 0 Å². The number of H-pyrrole nitrogens is 1. The van der Waals surface area contributed by atoms with Crippen molar-refractivity contribution in [2.24, 2.45) is 0 Å². The molecular weight excluding hydrogens is 348 g/mol. The van der Waals surface area contributed by atoms with Crippen LogP contribution >= 0.6 is 0 Å². The van der Waals surface area contributed by atoms with E-state index in [0.29, 0.717) is 37.3 Å². The molecule has 142 valence electrons. The molecule has 8 heteroatoms. The van der Waals surface area contributed by atoms with Gasteiger partial charge >= 0.3 is 6.09 Å². The van der Waals surface area contributed by atoms with Crippen LogP contribution in [0.3, 0.4) is 0 Å². The second-order valence-corrected chi connectivity index (χ2v) is 7.18. The first-order chi connectivity index (χ1) is 12.9. The van der Waals surface area contributed by atoms with Gasteiger partial charge in [0, 0.05) is 25.1 Å². The Kier molecular flexibility index (Phi) is 4.25. The fourth-order valence-corrected chi connectivity index (χ4v) is 3.76. The zero-order valence-electron chi connectivity index (χ0n) is 15.3. The minimum Gasteiger partial charge on any atom is -0.490 e. The zero-order chi connectivity index (χ0) is 19.1. The molecular formula is C19H22N4O4. The van der Waals surface area contributed by atoms with Crippen LogP contribution in [0.15, 0.2) is 29.1 Å². The molecule has 0 saturated carbocycles. The van der Waals surface area contributed by atoms with Crippen LogP contribution in [0.5, 0.6) is 5.75 Å². The highest BCUT2D eigenvalue weighted by molar-refractivity contribution is 5.97. The first-order valence-electron chi connectivity index (χ1n) is 9.13. The molecule has 0 radical (unpaired) electrons. The van der Waals surface area contributed by atoms with Gasteiger partial charge in [0.1, 0.15) is 11.4 Å². The van der Waals surface area contributed by atoms with Crippen molar-refractivity contribution in [3.8, 4) is 5.75 Å². The Labute approximate surface area is 155 Å². The molecule has 27 heavy (non-hydrogen) atoms. The average Bonchev–Trinajstić information content (AvgIpc) is 3.00. The van der Waals surface area contributed by atoms with Crippen molar-refractivity contribution in [2.45, 2.75) is 38.7 Å². The van der Waals surface area contributed by atoms with Gasteiger partial charge in [-0.25, -0.2) is 9.31 Å². The summed E-state index contributed by atoms with van der Waals surface area (Å²) in [6, 6.07) is 7.23. The summed E-state index contributed by atoms with van der Waals surface area (Å²) >= 11 is 0. The van der Waals surface area contributed by atoms with Crippen molar-refractivity contribution in [2.75, 3.05) is 13.1 Å². The number of nitrogens with zero attached hydrogens (tertiary/aromatic N) is 3. The van der Waals surface area contributed by atoms with Crippen LogP contribution in [-0.4, -0.2) is 49.9 Å². The summed E-state index contributed by atoms with van der Waals surface area (Å²) in [7, 11) is 0. The van der Waals surface area contributed by atoms with Crippen LogP contribution in [0.4, 0.5) is 4.79 Å². The number of benzene rings is 1. The summed E-state index contributed by atoms with van der Waals surface area (Å²) in [5.74, 6) is 0.764. The van der Waals surface area contributed by atoms with Crippen LogP contribution in [0.25, 0.3) is 16.6 Å². The van der Waals surface area contributed by atoms with Gasteiger partial charge in [-0.1, -0.05) is 6.07 Å². The smallest absolute Gasteiger partial charge is 0.407 e. The van der Waals surface area contributed by atoms with Gasteiger partial charge in [0.15, 0.2) is 0 Å². The van der Waals surface area contributed by atoms with Gasteiger partial charge in [-0.2, -0.15) is 5.10 Å². The Morgan fingerprint density at radius 2 is 2.07 bits per heavy atom. The summed E-state index contributed by atoms with van der Waals surface area (Å²) < 4.78 is 7.69. The number of hydrogen-bond donors (Lipinski definition) is 2. The predicted molar refractivity (Wildman–Crippen MR) is 101 cm³/mol. The number of piperidine rings is 1. The lowest BCUT2D eigenvalue weighted by molar-refractivity contribution is 0.131. The molecule has 1 saturated heterocycles. The fourth-order valence-electron chi connectivity index (χ4n) is 3.76. The van der Waals surface area contributed by atoms with Crippen LogP contribution < -0.4 is 10.3 Å². The number of carboxylic acid groups (broad SMARTS) is 1. The molecule has 1 aromatic carbocycles. The Hall–Kier alpha value is -3.03. The Balaban J connectivity index is 1.83. The van der Waals surface area contributed by atoms with Gasteiger partial charge in [-0.3, -0.25) is 4.79 Å². The lowest BCUT2D eigenvalue weighted by Gasteiger charge is -2.30. The van der Waals surface area contributed by atoms with E-state index in [-0.39, 0.29) is 17.6 Å². The van der Waals surface area contributed by atoms with Crippen molar-refractivity contribution in [1.29, 1.82) is 0 Å². The number of hydrogen-bond acceptors (Lipinski definition) is 4. The SMILES string of the molecule is CC(C)Oc1cccc2nn3c(C4CCN(C(=O)O)CC4)cc(=O)[nH]c3c12. The molecule has 3 heterocycles. The molecule has 1 aliphatic rings. The van der Waals surface area contributed by atoms with Crippen molar-refractivity contribution >= 4 is 22.6 Å². The van der Waals surface area contributed by atoms with E-state index in [2.05, 4.69) is 4.98 Å². The maximum Gasteiger partial charge on any atom is 0.407 e. The van der Waals surface area contributed by atoms with Gasteiger partial charge in [0.05, 0.1) is 22.7 Å².